The molecule has 2 aromatic rings. The van der Waals surface area contributed by atoms with Gasteiger partial charge in [0, 0.05) is 33.2 Å². The molecule has 0 bridgehead atoms. The molecule has 0 aliphatic carbocycles. The van der Waals surface area contributed by atoms with Crippen molar-refractivity contribution < 1.29 is 4.74 Å². The molecule has 1 aliphatic heterocycles. The summed E-state index contributed by atoms with van der Waals surface area (Å²) in [7, 11) is 2.04. The molecule has 0 radical (unpaired) electrons. The van der Waals surface area contributed by atoms with Gasteiger partial charge in [0.25, 0.3) is 0 Å². The summed E-state index contributed by atoms with van der Waals surface area (Å²) in [4.78, 5) is 17.4. The van der Waals surface area contributed by atoms with Gasteiger partial charge in [0.15, 0.2) is 5.96 Å². The maximum atomic E-state index is 5.96. The fourth-order valence-corrected chi connectivity index (χ4v) is 3.74. The number of hydrogen-bond acceptors (Lipinski definition) is 4. The van der Waals surface area contributed by atoms with Gasteiger partial charge in [-0.2, -0.15) is 0 Å². The maximum Gasteiger partial charge on any atom is 0.194 e. The van der Waals surface area contributed by atoms with Crippen LogP contribution in [0.25, 0.3) is 11.3 Å². The van der Waals surface area contributed by atoms with E-state index in [0.717, 1.165) is 55.8 Å². The van der Waals surface area contributed by atoms with E-state index >= 15 is 0 Å². The number of hydrogen-bond donors (Lipinski definition) is 2. The maximum absolute atomic E-state index is 5.96. The van der Waals surface area contributed by atoms with Crippen molar-refractivity contribution in [3.63, 3.8) is 0 Å². The van der Waals surface area contributed by atoms with Crippen LogP contribution >= 0.6 is 0 Å². The highest BCUT2D eigenvalue weighted by Gasteiger charge is 2.21. The van der Waals surface area contributed by atoms with Crippen LogP contribution in [0.4, 0.5) is 0 Å². The first-order valence-electron chi connectivity index (χ1n) is 11.0. The number of nitrogens with one attached hydrogen (secondary N) is 2. The zero-order valence-corrected chi connectivity index (χ0v) is 18.8. The Hall–Kier alpha value is -2.38. The molecule has 2 N–H and O–H groups in total. The fourth-order valence-electron chi connectivity index (χ4n) is 3.74. The molecular weight excluding hydrogens is 376 g/mol. The Bertz CT molecular complexity index is 788. The first-order chi connectivity index (χ1) is 14.5. The number of nitrogens with zero attached hydrogens (tertiary/aromatic N) is 4. The molecule has 1 aromatic heterocycles. The van der Waals surface area contributed by atoms with Crippen molar-refractivity contribution >= 4 is 5.96 Å². The quantitative estimate of drug-likeness (QED) is 0.515. The van der Waals surface area contributed by atoms with Crippen molar-refractivity contribution in [3.05, 3.63) is 42.4 Å². The van der Waals surface area contributed by atoms with Gasteiger partial charge in [-0.25, -0.2) is 4.98 Å². The van der Waals surface area contributed by atoms with Crippen LogP contribution in [0, 0.1) is 5.92 Å². The largest absolute Gasteiger partial charge is 0.374 e. The topological polar surface area (TPSA) is 68.8 Å². The van der Waals surface area contributed by atoms with E-state index in [1.165, 1.54) is 0 Å². The van der Waals surface area contributed by atoms with Crippen LogP contribution in [0.2, 0.25) is 0 Å². The molecule has 7 heteroatoms. The predicted molar refractivity (Wildman–Crippen MR) is 122 cm³/mol. The first kappa shape index (κ1) is 22.3. The number of benzene rings is 1. The lowest BCUT2D eigenvalue weighted by Crippen LogP contribution is -2.46. The van der Waals surface area contributed by atoms with Crippen LogP contribution in [-0.4, -0.2) is 78.2 Å². The van der Waals surface area contributed by atoms with Crippen molar-refractivity contribution in [2.45, 2.75) is 33.4 Å². The highest BCUT2D eigenvalue weighted by molar-refractivity contribution is 5.79. The SMILES string of the molecule is CCNC(=NCC1CN(CC(C)C)CCO1)N(C)Cc1ncc(-c2ccccc2)[nH]1. The number of aromatic amines is 1. The van der Waals surface area contributed by atoms with Crippen molar-refractivity contribution in [3.8, 4) is 11.3 Å². The van der Waals surface area contributed by atoms with Crippen molar-refractivity contribution in [1.29, 1.82) is 0 Å². The molecule has 1 aliphatic rings. The number of morpholine rings is 1. The number of guanidine groups is 1. The molecule has 3 rings (SSSR count). The summed E-state index contributed by atoms with van der Waals surface area (Å²) in [6, 6.07) is 10.3. The molecule has 1 saturated heterocycles. The molecule has 0 saturated carbocycles. The average Bonchev–Trinajstić information content (AvgIpc) is 3.20. The van der Waals surface area contributed by atoms with Crippen LogP contribution in [0.3, 0.4) is 0 Å². The average molecular weight is 413 g/mol. The zero-order valence-electron chi connectivity index (χ0n) is 18.8. The molecule has 1 aromatic carbocycles. The second-order valence-electron chi connectivity index (χ2n) is 8.31. The minimum Gasteiger partial charge on any atom is -0.374 e. The van der Waals surface area contributed by atoms with E-state index in [4.69, 9.17) is 9.73 Å². The van der Waals surface area contributed by atoms with Crippen LogP contribution in [0.1, 0.15) is 26.6 Å². The fraction of sp³-hybridized carbons (Fsp3) is 0.565. The molecule has 0 amide bonds. The Balaban J connectivity index is 1.59. The van der Waals surface area contributed by atoms with Gasteiger partial charge < -0.3 is 19.9 Å². The lowest BCUT2D eigenvalue weighted by atomic mass is 10.2. The molecule has 164 valence electrons. The van der Waals surface area contributed by atoms with Crippen LogP contribution in [0.15, 0.2) is 41.5 Å². The summed E-state index contributed by atoms with van der Waals surface area (Å²) in [5.74, 6) is 2.46. The van der Waals surface area contributed by atoms with E-state index < -0.39 is 0 Å². The molecule has 1 unspecified atom stereocenters. The molecule has 7 nitrogen and oxygen atoms in total. The molecule has 1 fully saturated rings. The minimum absolute atomic E-state index is 0.146. The Kier molecular flexibility index (Phi) is 8.28. The summed E-state index contributed by atoms with van der Waals surface area (Å²) >= 11 is 0. The second-order valence-corrected chi connectivity index (χ2v) is 8.31. The van der Waals surface area contributed by atoms with E-state index in [1.54, 1.807) is 0 Å². The molecule has 2 heterocycles. The van der Waals surface area contributed by atoms with Crippen molar-refractivity contribution in [2.75, 3.05) is 46.4 Å². The summed E-state index contributed by atoms with van der Waals surface area (Å²) in [5.41, 5.74) is 2.17. The van der Waals surface area contributed by atoms with E-state index in [2.05, 4.69) is 58.0 Å². The van der Waals surface area contributed by atoms with E-state index in [9.17, 15) is 0 Å². The van der Waals surface area contributed by atoms with E-state index in [1.807, 2.05) is 31.4 Å². The number of H-pyrrole nitrogens is 1. The third kappa shape index (κ3) is 6.57. The second kappa shape index (κ2) is 11.1. The first-order valence-corrected chi connectivity index (χ1v) is 11.0. The Labute approximate surface area is 180 Å². The molecule has 1 atom stereocenters. The van der Waals surface area contributed by atoms with Crippen LogP contribution in [-0.2, 0) is 11.3 Å². The number of aromatic nitrogens is 2. The third-order valence-corrected chi connectivity index (χ3v) is 5.09. The Morgan fingerprint density at radius 3 is 2.90 bits per heavy atom. The minimum atomic E-state index is 0.146. The Morgan fingerprint density at radius 2 is 2.17 bits per heavy atom. The summed E-state index contributed by atoms with van der Waals surface area (Å²) < 4.78 is 5.96. The lowest BCUT2D eigenvalue weighted by Gasteiger charge is -2.33. The lowest BCUT2D eigenvalue weighted by molar-refractivity contribution is -0.0262. The zero-order chi connectivity index (χ0) is 21.3. The third-order valence-electron chi connectivity index (χ3n) is 5.09. The normalized spacial score (nSPS) is 18.0. The standard InChI is InChI=1S/C23H36N6O/c1-5-24-23(26-13-20-16-29(11-12-30-20)15-18(2)3)28(4)17-22-25-14-21(27-22)19-9-7-6-8-10-19/h6-10,14,18,20H,5,11-13,15-17H2,1-4H3,(H,24,26)(H,25,27). The van der Waals surface area contributed by atoms with Gasteiger partial charge in [0.1, 0.15) is 5.82 Å². The molecular formula is C23H36N6O. The summed E-state index contributed by atoms with van der Waals surface area (Å²) in [6.45, 7) is 12.6. The highest BCUT2D eigenvalue weighted by Crippen LogP contribution is 2.16. The number of imidazole rings is 1. The number of rotatable bonds is 8. The monoisotopic (exact) mass is 412 g/mol. The number of aliphatic imine (C=N–C) groups is 1. The smallest absolute Gasteiger partial charge is 0.194 e. The van der Waals surface area contributed by atoms with E-state index in [0.29, 0.717) is 19.0 Å². The molecule has 30 heavy (non-hydrogen) atoms. The summed E-state index contributed by atoms with van der Waals surface area (Å²) in [5, 5.41) is 3.39. The molecule has 0 spiro atoms. The van der Waals surface area contributed by atoms with E-state index in [-0.39, 0.29) is 6.10 Å². The van der Waals surface area contributed by atoms with Gasteiger partial charge in [0.2, 0.25) is 0 Å². The van der Waals surface area contributed by atoms with Gasteiger partial charge in [-0.05, 0) is 18.4 Å². The van der Waals surface area contributed by atoms with Crippen molar-refractivity contribution in [1.82, 2.24) is 25.1 Å². The van der Waals surface area contributed by atoms with Crippen LogP contribution < -0.4 is 5.32 Å². The van der Waals surface area contributed by atoms with Gasteiger partial charge in [-0.3, -0.25) is 9.89 Å². The van der Waals surface area contributed by atoms with Crippen LogP contribution in [0.5, 0.6) is 0 Å². The predicted octanol–water partition coefficient (Wildman–Crippen LogP) is 2.83. The Morgan fingerprint density at radius 1 is 1.37 bits per heavy atom. The van der Waals surface area contributed by atoms with Gasteiger partial charge in [-0.1, -0.05) is 44.2 Å². The van der Waals surface area contributed by atoms with Gasteiger partial charge in [-0.15, -0.1) is 0 Å². The van der Waals surface area contributed by atoms with Crippen molar-refractivity contribution in [2.24, 2.45) is 10.9 Å². The summed E-state index contributed by atoms with van der Waals surface area (Å²) in [6.07, 6.45) is 2.04. The number of ether oxygens (including phenoxy) is 1. The van der Waals surface area contributed by atoms with Gasteiger partial charge in [0.05, 0.1) is 37.7 Å². The highest BCUT2D eigenvalue weighted by atomic mass is 16.5. The van der Waals surface area contributed by atoms with Gasteiger partial charge >= 0.3 is 0 Å².